The van der Waals surface area contributed by atoms with Crippen molar-refractivity contribution >= 4 is 23.3 Å². The van der Waals surface area contributed by atoms with Crippen molar-refractivity contribution in [3.63, 3.8) is 0 Å². The molecule has 9 nitrogen and oxygen atoms in total. The lowest BCUT2D eigenvalue weighted by Crippen LogP contribution is -2.48. The normalized spacial score (nSPS) is 14.3. The highest BCUT2D eigenvalue weighted by atomic mass is 19.4. The molecule has 1 unspecified atom stereocenters. The van der Waals surface area contributed by atoms with E-state index in [1.54, 1.807) is 43.2 Å². The van der Waals surface area contributed by atoms with Crippen LogP contribution in [-0.4, -0.2) is 45.6 Å². The molecule has 178 valence electrons. The van der Waals surface area contributed by atoms with Crippen molar-refractivity contribution in [1.82, 2.24) is 14.8 Å². The largest absolute Gasteiger partial charge is 0.573 e. The zero-order valence-electron chi connectivity index (χ0n) is 18.2. The van der Waals surface area contributed by atoms with Crippen LogP contribution in [0.2, 0.25) is 0 Å². The molecule has 0 aliphatic carbocycles. The van der Waals surface area contributed by atoms with Crippen LogP contribution < -0.4 is 19.7 Å². The Bertz CT molecular complexity index is 1210. The Hall–Kier alpha value is -4.09. The Morgan fingerprint density at radius 1 is 1.18 bits per heavy atom. The molecule has 0 saturated heterocycles. The third-order valence-electron chi connectivity index (χ3n) is 4.96. The lowest BCUT2D eigenvalue weighted by Gasteiger charge is -2.31. The number of hydrogen-bond acceptors (Lipinski definition) is 6. The summed E-state index contributed by atoms with van der Waals surface area (Å²) in [6, 6.07) is 8.09. The number of aryl methyl sites for hydroxylation is 1. The van der Waals surface area contributed by atoms with Gasteiger partial charge in [-0.05, 0) is 42.8 Å². The summed E-state index contributed by atoms with van der Waals surface area (Å²) in [4.78, 5) is 31.4. The van der Waals surface area contributed by atoms with Gasteiger partial charge in [0.25, 0.3) is 5.91 Å². The fourth-order valence-electron chi connectivity index (χ4n) is 3.42. The maximum atomic E-state index is 13.3. The fourth-order valence-corrected chi connectivity index (χ4v) is 3.42. The maximum Gasteiger partial charge on any atom is 0.573 e. The van der Waals surface area contributed by atoms with Gasteiger partial charge in [0.05, 0.1) is 17.6 Å². The van der Waals surface area contributed by atoms with Crippen molar-refractivity contribution in [2.24, 2.45) is 7.05 Å². The Balaban J connectivity index is 1.57. The average molecular weight is 475 g/mol. The summed E-state index contributed by atoms with van der Waals surface area (Å²) in [7, 11) is 1.77. The van der Waals surface area contributed by atoms with Crippen LogP contribution in [0, 0.1) is 0 Å². The van der Waals surface area contributed by atoms with E-state index in [9.17, 15) is 22.8 Å². The number of ether oxygens (including phenoxy) is 2. The number of hydrogen-bond donors (Lipinski definition) is 1. The average Bonchev–Trinajstić information content (AvgIpc) is 3.22. The van der Waals surface area contributed by atoms with Gasteiger partial charge in [0, 0.05) is 18.8 Å². The van der Waals surface area contributed by atoms with Crippen molar-refractivity contribution in [3.8, 4) is 22.8 Å². The molecule has 0 saturated carbocycles. The predicted octanol–water partition coefficient (Wildman–Crippen LogP) is 3.52. The van der Waals surface area contributed by atoms with Crippen LogP contribution in [0.25, 0.3) is 11.3 Å². The summed E-state index contributed by atoms with van der Waals surface area (Å²) in [5.74, 6) is -0.867. The molecule has 1 aliphatic rings. The minimum atomic E-state index is -4.81. The van der Waals surface area contributed by atoms with Gasteiger partial charge in [-0.25, -0.2) is 4.98 Å². The Kier molecular flexibility index (Phi) is 6.14. The molecule has 2 amide bonds. The third-order valence-corrected chi connectivity index (χ3v) is 4.96. The smallest absolute Gasteiger partial charge is 0.481 e. The van der Waals surface area contributed by atoms with E-state index in [2.05, 4.69) is 20.1 Å². The molecule has 34 heavy (non-hydrogen) atoms. The molecule has 12 heteroatoms. The number of halogens is 3. The number of rotatable bonds is 6. The second-order valence-electron chi connectivity index (χ2n) is 7.48. The number of alkyl halides is 3. The standard InChI is InChI=1S/C22H20F3N5O4/c1-3-18(33-14-4-6-15(7-5-14)34-22(23,24)25)21(32)30-12-19(31)27-17-9-8-16(28-20(17)30)13-10-26-29(2)11-13/h4-11,18H,3,12H2,1-2H3,(H,27,31). The van der Waals surface area contributed by atoms with E-state index in [0.717, 1.165) is 17.7 Å². The molecule has 3 aromatic rings. The fraction of sp³-hybridized carbons (Fsp3) is 0.273. The molecule has 1 aromatic carbocycles. The van der Waals surface area contributed by atoms with Gasteiger partial charge >= 0.3 is 6.36 Å². The van der Waals surface area contributed by atoms with Crippen molar-refractivity contribution in [2.75, 3.05) is 16.8 Å². The molecule has 4 rings (SSSR count). The number of benzene rings is 1. The Labute approximate surface area is 192 Å². The van der Waals surface area contributed by atoms with Crippen LogP contribution in [0.4, 0.5) is 24.7 Å². The van der Waals surface area contributed by atoms with E-state index in [0.29, 0.717) is 11.4 Å². The Morgan fingerprint density at radius 2 is 1.88 bits per heavy atom. The van der Waals surface area contributed by atoms with Gasteiger partial charge in [0.1, 0.15) is 18.0 Å². The lowest BCUT2D eigenvalue weighted by atomic mass is 10.1. The number of carbonyl (C=O) groups is 2. The number of carbonyl (C=O) groups excluding carboxylic acids is 2. The second kappa shape index (κ2) is 9.04. The van der Waals surface area contributed by atoms with Crippen LogP contribution in [0.5, 0.6) is 11.5 Å². The summed E-state index contributed by atoms with van der Waals surface area (Å²) in [5, 5.41) is 6.82. The highest BCUT2D eigenvalue weighted by Gasteiger charge is 2.34. The van der Waals surface area contributed by atoms with Crippen LogP contribution in [-0.2, 0) is 16.6 Å². The summed E-state index contributed by atoms with van der Waals surface area (Å²) in [6.45, 7) is 1.46. The van der Waals surface area contributed by atoms with E-state index < -0.39 is 24.1 Å². The zero-order valence-corrected chi connectivity index (χ0v) is 18.2. The number of anilines is 2. The summed E-state index contributed by atoms with van der Waals surface area (Å²) >= 11 is 0. The first-order valence-electron chi connectivity index (χ1n) is 10.3. The highest BCUT2D eigenvalue weighted by Crippen LogP contribution is 2.32. The maximum absolute atomic E-state index is 13.3. The van der Waals surface area contributed by atoms with Gasteiger partial charge in [-0.15, -0.1) is 13.2 Å². The molecule has 1 atom stereocenters. The van der Waals surface area contributed by atoms with Crippen molar-refractivity contribution in [2.45, 2.75) is 25.8 Å². The van der Waals surface area contributed by atoms with Crippen molar-refractivity contribution < 1.29 is 32.2 Å². The SMILES string of the molecule is CCC(Oc1ccc(OC(F)(F)F)cc1)C(=O)N1CC(=O)Nc2ccc(-c3cnn(C)c3)nc21. The number of amides is 2. The summed E-state index contributed by atoms with van der Waals surface area (Å²) in [6.07, 6.45) is -2.17. The van der Waals surface area contributed by atoms with Crippen LogP contribution >= 0.6 is 0 Å². The Morgan fingerprint density at radius 3 is 2.50 bits per heavy atom. The molecule has 0 bridgehead atoms. The van der Waals surface area contributed by atoms with E-state index >= 15 is 0 Å². The van der Waals surface area contributed by atoms with Gasteiger partial charge in [0.15, 0.2) is 11.9 Å². The van der Waals surface area contributed by atoms with Gasteiger partial charge in [-0.2, -0.15) is 5.10 Å². The van der Waals surface area contributed by atoms with E-state index in [-0.39, 0.29) is 30.4 Å². The van der Waals surface area contributed by atoms with Gasteiger partial charge < -0.3 is 14.8 Å². The first kappa shape index (κ1) is 23.1. The molecule has 1 N–H and O–H groups in total. The third kappa shape index (κ3) is 5.11. The number of aromatic nitrogens is 3. The molecule has 0 fully saturated rings. The molecule has 3 heterocycles. The topological polar surface area (TPSA) is 98.6 Å². The van der Waals surface area contributed by atoms with Crippen LogP contribution in [0.3, 0.4) is 0 Å². The van der Waals surface area contributed by atoms with Crippen molar-refractivity contribution in [3.05, 3.63) is 48.8 Å². The lowest BCUT2D eigenvalue weighted by molar-refractivity contribution is -0.274. The summed E-state index contributed by atoms with van der Waals surface area (Å²) < 4.78 is 48.3. The number of fused-ring (bicyclic) bond motifs is 1. The van der Waals surface area contributed by atoms with E-state index in [1.807, 2.05) is 0 Å². The van der Waals surface area contributed by atoms with Crippen LogP contribution in [0.15, 0.2) is 48.8 Å². The first-order valence-corrected chi connectivity index (χ1v) is 10.3. The molecule has 0 spiro atoms. The monoisotopic (exact) mass is 475 g/mol. The van der Waals surface area contributed by atoms with Gasteiger partial charge in [-0.1, -0.05) is 6.92 Å². The van der Waals surface area contributed by atoms with Crippen LogP contribution in [0.1, 0.15) is 13.3 Å². The molecule has 0 radical (unpaired) electrons. The molecular weight excluding hydrogens is 455 g/mol. The molecule has 2 aromatic heterocycles. The number of pyridine rings is 1. The minimum Gasteiger partial charge on any atom is -0.481 e. The number of nitrogens with one attached hydrogen (secondary N) is 1. The zero-order chi connectivity index (χ0) is 24.5. The molecule has 1 aliphatic heterocycles. The molecular formula is C22H20F3N5O4. The van der Waals surface area contributed by atoms with Crippen molar-refractivity contribution in [1.29, 1.82) is 0 Å². The highest BCUT2D eigenvalue weighted by molar-refractivity contribution is 6.10. The van der Waals surface area contributed by atoms with Gasteiger partial charge in [-0.3, -0.25) is 19.2 Å². The minimum absolute atomic E-state index is 0.175. The summed E-state index contributed by atoms with van der Waals surface area (Å²) in [5.41, 5.74) is 1.68. The van der Waals surface area contributed by atoms with Gasteiger partial charge in [0.2, 0.25) is 5.91 Å². The predicted molar refractivity (Wildman–Crippen MR) is 115 cm³/mol. The first-order chi connectivity index (χ1) is 16.1. The number of nitrogens with zero attached hydrogens (tertiary/aromatic N) is 4. The van der Waals surface area contributed by atoms with E-state index in [4.69, 9.17) is 4.74 Å². The van der Waals surface area contributed by atoms with E-state index in [1.165, 1.54) is 17.0 Å². The second-order valence-corrected chi connectivity index (χ2v) is 7.48. The quantitative estimate of drug-likeness (QED) is 0.586.